The van der Waals surface area contributed by atoms with Gasteiger partial charge in [-0.05, 0) is 44.5 Å². The summed E-state index contributed by atoms with van der Waals surface area (Å²) in [4.78, 5) is 11.8. The van der Waals surface area contributed by atoms with Crippen LogP contribution < -0.4 is 10.6 Å². The highest BCUT2D eigenvalue weighted by Gasteiger charge is 2.07. The lowest BCUT2D eigenvalue weighted by Crippen LogP contribution is -2.22. The van der Waals surface area contributed by atoms with Gasteiger partial charge in [0.2, 0.25) is 0 Å². The number of nitrogens with one attached hydrogen (secondary N) is 3. The molecule has 20 heavy (non-hydrogen) atoms. The van der Waals surface area contributed by atoms with E-state index in [-0.39, 0.29) is 5.91 Å². The number of amides is 1. The van der Waals surface area contributed by atoms with Gasteiger partial charge in [0, 0.05) is 35.6 Å². The number of aryl methyl sites for hydroxylation is 2. The Morgan fingerprint density at radius 1 is 1.35 bits per heavy atom. The van der Waals surface area contributed by atoms with Crippen molar-refractivity contribution in [1.29, 1.82) is 0 Å². The van der Waals surface area contributed by atoms with Gasteiger partial charge in [-0.15, -0.1) is 0 Å². The standard InChI is InChI=1S/C15H20N4O/c1-4-16-15(20)12-5-6-14(10(2)7-12)17-8-13-9-18-19-11(13)3/h5-7,9,17H,4,8H2,1-3H3,(H,16,20)(H,18,19). The van der Waals surface area contributed by atoms with E-state index in [1.165, 1.54) is 0 Å². The molecule has 106 valence electrons. The zero-order valence-electron chi connectivity index (χ0n) is 12.1. The van der Waals surface area contributed by atoms with Crippen LogP contribution in [0.15, 0.2) is 24.4 Å². The Hall–Kier alpha value is -2.30. The second-order valence-corrected chi connectivity index (χ2v) is 4.76. The van der Waals surface area contributed by atoms with Crippen molar-refractivity contribution >= 4 is 11.6 Å². The average molecular weight is 272 g/mol. The van der Waals surface area contributed by atoms with Crippen molar-refractivity contribution in [3.63, 3.8) is 0 Å². The highest BCUT2D eigenvalue weighted by atomic mass is 16.1. The first-order valence-electron chi connectivity index (χ1n) is 6.73. The van der Waals surface area contributed by atoms with E-state index in [2.05, 4.69) is 20.8 Å². The van der Waals surface area contributed by atoms with Gasteiger partial charge < -0.3 is 10.6 Å². The van der Waals surface area contributed by atoms with Gasteiger partial charge in [0.05, 0.1) is 6.20 Å². The third-order valence-electron chi connectivity index (χ3n) is 3.23. The van der Waals surface area contributed by atoms with E-state index in [0.29, 0.717) is 18.7 Å². The quantitative estimate of drug-likeness (QED) is 0.782. The molecule has 3 N–H and O–H groups in total. The molecule has 5 nitrogen and oxygen atoms in total. The second kappa shape index (κ2) is 6.23. The molecule has 2 rings (SSSR count). The Bertz CT molecular complexity index is 604. The molecule has 0 aliphatic heterocycles. The van der Waals surface area contributed by atoms with Gasteiger partial charge in [-0.3, -0.25) is 9.89 Å². The van der Waals surface area contributed by atoms with Crippen LogP contribution in [0.1, 0.15) is 34.1 Å². The molecule has 1 aromatic heterocycles. The van der Waals surface area contributed by atoms with E-state index in [1.54, 1.807) is 0 Å². The minimum absolute atomic E-state index is 0.0344. The third kappa shape index (κ3) is 3.17. The Labute approximate surface area is 118 Å². The molecule has 0 bridgehead atoms. The number of carbonyl (C=O) groups excluding carboxylic acids is 1. The van der Waals surface area contributed by atoms with Gasteiger partial charge in [0.15, 0.2) is 0 Å². The van der Waals surface area contributed by atoms with Gasteiger partial charge in [-0.1, -0.05) is 0 Å². The Kier molecular flexibility index (Phi) is 4.40. The summed E-state index contributed by atoms with van der Waals surface area (Å²) in [6, 6.07) is 5.67. The molecular formula is C15H20N4O. The van der Waals surface area contributed by atoms with Gasteiger partial charge in [-0.25, -0.2) is 0 Å². The number of H-pyrrole nitrogens is 1. The largest absolute Gasteiger partial charge is 0.381 e. The number of hydrogen-bond donors (Lipinski definition) is 3. The van der Waals surface area contributed by atoms with Crippen molar-refractivity contribution in [2.45, 2.75) is 27.3 Å². The van der Waals surface area contributed by atoms with Gasteiger partial charge in [0.25, 0.3) is 5.91 Å². The molecule has 0 unspecified atom stereocenters. The molecule has 1 amide bonds. The zero-order chi connectivity index (χ0) is 14.5. The van der Waals surface area contributed by atoms with Crippen LogP contribution in [0.2, 0.25) is 0 Å². The van der Waals surface area contributed by atoms with E-state index < -0.39 is 0 Å². The summed E-state index contributed by atoms with van der Waals surface area (Å²) in [6.07, 6.45) is 1.82. The first-order valence-corrected chi connectivity index (χ1v) is 6.73. The van der Waals surface area contributed by atoms with E-state index >= 15 is 0 Å². The van der Waals surface area contributed by atoms with Crippen LogP contribution in [0, 0.1) is 13.8 Å². The van der Waals surface area contributed by atoms with Crippen molar-refractivity contribution < 1.29 is 4.79 Å². The molecule has 2 aromatic rings. The van der Waals surface area contributed by atoms with Crippen LogP contribution in [-0.2, 0) is 6.54 Å². The van der Waals surface area contributed by atoms with Crippen LogP contribution >= 0.6 is 0 Å². The Morgan fingerprint density at radius 3 is 2.75 bits per heavy atom. The fourth-order valence-electron chi connectivity index (χ4n) is 2.01. The lowest BCUT2D eigenvalue weighted by Gasteiger charge is -2.11. The fourth-order valence-corrected chi connectivity index (χ4v) is 2.01. The molecular weight excluding hydrogens is 252 g/mol. The minimum atomic E-state index is -0.0344. The smallest absolute Gasteiger partial charge is 0.251 e. The highest BCUT2D eigenvalue weighted by Crippen LogP contribution is 2.18. The molecule has 0 atom stereocenters. The summed E-state index contributed by atoms with van der Waals surface area (Å²) < 4.78 is 0. The maximum atomic E-state index is 11.8. The molecule has 5 heteroatoms. The normalized spacial score (nSPS) is 10.3. The van der Waals surface area contributed by atoms with Crippen LogP contribution in [0.4, 0.5) is 5.69 Å². The third-order valence-corrected chi connectivity index (χ3v) is 3.23. The molecule has 0 saturated heterocycles. The number of rotatable bonds is 5. The number of hydrogen-bond acceptors (Lipinski definition) is 3. The highest BCUT2D eigenvalue weighted by molar-refractivity contribution is 5.94. The number of nitrogens with zero attached hydrogens (tertiary/aromatic N) is 1. The number of aromatic amines is 1. The van der Waals surface area contributed by atoms with E-state index in [1.807, 2.05) is 45.2 Å². The Morgan fingerprint density at radius 2 is 2.15 bits per heavy atom. The van der Waals surface area contributed by atoms with E-state index in [0.717, 1.165) is 22.5 Å². The monoisotopic (exact) mass is 272 g/mol. The number of aromatic nitrogens is 2. The number of benzene rings is 1. The van der Waals surface area contributed by atoms with Crippen LogP contribution in [-0.4, -0.2) is 22.6 Å². The van der Waals surface area contributed by atoms with Crippen LogP contribution in [0.3, 0.4) is 0 Å². The van der Waals surface area contributed by atoms with Crippen LogP contribution in [0.5, 0.6) is 0 Å². The molecule has 0 fully saturated rings. The van der Waals surface area contributed by atoms with Crippen molar-refractivity contribution in [3.8, 4) is 0 Å². The molecule has 0 spiro atoms. The topological polar surface area (TPSA) is 69.8 Å². The van der Waals surface area contributed by atoms with E-state index in [4.69, 9.17) is 0 Å². The van der Waals surface area contributed by atoms with Gasteiger partial charge in [-0.2, -0.15) is 5.10 Å². The van der Waals surface area contributed by atoms with Gasteiger partial charge >= 0.3 is 0 Å². The molecule has 0 aliphatic carbocycles. The minimum Gasteiger partial charge on any atom is -0.381 e. The second-order valence-electron chi connectivity index (χ2n) is 4.76. The number of anilines is 1. The molecule has 1 aromatic carbocycles. The first kappa shape index (κ1) is 14.1. The lowest BCUT2D eigenvalue weighted by atomic mass is 10.1. The average Bonchev–Trinajstić information content (AvgIpc) is 2.83. The fraction of sp³-hybridized carbons (Fsp3) is 0.333. The first-order chi connectivity index (χ1) is 9.61. The Balaban J connectivity index is 2.06. The SMILES string of the molecule is CCNC(=O)c1ccc(NCc2cn[nH]c2C)c(C)c1. The lowest BCUT2D eigenvalue weighted by molar-refractivity contribution is 0.0956. The van der Waals surface area contributed by atoms with Crippen molar-refractivity contribution in [3.05, 3.63) is 46.8 Å². The zero-order valence-corrected chi connectivity index (χ0v) is 12.1. The molecule has 0 radical (unpaired) electrons. The summed E-state index contributed by atoms with van der Waals surface area (Å²) in [5, 5.41) is 13.1. The number of carbonyl (C=O) groups is 1. The van der Waals surface area contributed by atoms with Crippen molar-refractivity contribution in [2.75, 3.05) is 11.9 Å². The van der Waals surface area contributed by atoms with Crippen molar-refractivity contribution in [2.24, 2.45) is 0 Å². The molecule has 1 heterocycles. The van der Waals surface area contributed by atoms with Gasteiger partial charge in [0.1, 0.15) is 0 Å². The van der Waals surface area contributed by atoms with Crippen molar-refractivity contribution in [1.82, 2.24) is 15.5 Å². The summed E-state index contributed by atoms with van der Waals surface area (Å²) in [7, 11) is 0. The molecule has 0 saturated carbocycles. The predicted molar refractivity (Wildman–Crippen MR) is 79.8 cm³/mol. The van der Waals surface area contributed by atoms with Crippen LogP contribution in [0.25, 0.3) is 0 Å². The summed E-state index contributed by atoms with van der Waals surface area (Å²) >= 11 is 0. The maximum absolute atomic E-state index is 11.8. The summed E-state index contributed by atoms with van der Waals surface area (Å²) in [5.74, 6) is -0.0344. The molecule has 0 aliphatic rings. The predicted octanol–water partition coefficient (Wildman–Crippen LogP) is 2.39. The van der Waals surface area contributed by atoms with E-state index in [9.17, 15) is 4.79 Å². The summed E-state index contributed by atoms with van der Waals surface area (Å²) in [5.41, 5.74) is 4.97. The summed E-state index contributed by atoms with van der Waals surface area (Å²) in [6.45, 7) is 7.25. The maximum Gasteiger partial charge on any atom is 0.251 e.